The van der Waals surface area contributed by atoms with Crippen molar-refractivity contribution in [3.63, 3.8) is 0 Å². The van der Waals surface area contributed by atoms with Crippen molar-refractivity contribution in [3.05, 3.63) is 28.8 Å². The number of nitrogens with two attached hydrogens (primary N) is 1. The van der Waals surface area contributed by atoms with Crippen LogP contribution in [0.15, 0.2) is 23.1 Å². The second-order valence-electron chi connectivity index (χ2n) is 4.94. The molecule has 0 saturated carbocycles. The molecule has 18 heavy (non-hydrogen) atoms. The van der Waals surface area contributed by atoms with E-state index in [1.807, 2.05) is 0 Å². The van der Waals surface area contributed by atoms with Crippen LogP contribution in [0.1, 0.15) is 26.5 Å². The van der Waals surface area contributed by atoms with Gasteiger partial charge in [0.15, 0.2) is 5.82 Å². The van der Waals surface area contributed by atoms with Gasteiger partial charge >= 0.3 is 0 Å². The molecular weight excluding hydrogens is 294 g/mol. The van der Waals surface area contributed by atoms with Gasteiger partial charge in [-0.2, -0.15) is 0 Å². The highest BCUT2D eigenvalue weighted by Gasteiger charge is 2.23. The van der Waals surface area contributed by atoms with Gasteiger partial charge in [-0.05, 0) is 15.9 Å². The number of rotatable bonds is 1. The van der Waals surface area contributed by atoms with Crippen LogP contribution in [0.4, 0.5) is 5.82 Å². The molecular formula is C12H14BrN5. The Labute approximate surface area is 114 Å². The fourth-order valence-electron chi connectivity index (χ4n) is 1.49. The molecule has 0 fully saturated rings. The van der Waals surface area contributed by atoms with Gasteiger partial charge in [-0.25, -0.2) is 15.0 Å². The second kappa shape index (κ2) is 4.61. The molecule has 0 saturated heterocycles. The molecule has 5 nitrogen and oxygen atoms in total. The van der Waals surface area contributed by atoms with Crippen molar-refractivity contribution in [1.29, 1.82) is 0 Å². The third kappa shape index (κ3) is 2.48. The first-order chi connectivity index (χ1) is 8.39. The van der Waals surface area contributed by atoms with E-state index in [0.29, 0.717) is 17.3 Å². The first-order valence-corrected chi connectivity index (χ1v) is 6.29. The Morgan fingerprint density at radius 3 is 2.44 bits per heavy atom. The van der Waals surface area contributed by atoms with Gasteiger partial charge in [-0.15, -0.1) is 0 Å². The zero-order valence-corrected chi connectivity index (χ0v) is 12.1. The highest BCUT2D eigenvalue weighted by atomic mass is 79.9. The summed E-state index contributed by atoms with van der Waals surface area (Å²) in [4.78, 5) is 17.0. The summed E-state index contributed by atoms with van der Waals surface area (Å²) in [6.07, 6.45) is 4.83. The van der Waals surface area contributed by atoms with E-state index in [4.69, 9.17) is 5.73 Å². The van der Waals surface area contributed by atoms with Gasteiger partial charge in [0, 0.05) is 17.8 Å². The minimum absolute atomic E-state index is 0.132. The van der Waals surface area contributed by atoms with E-state index in [-0.39, 0.29) is 5.41 Å². The van der Waals surface area contributed by atoms with Crippen LogP contribution in [0.5, 0.6) is 0 Å². The van der Waals surface area contributed by atoms with Crippen LogP contribution in [0.2, 0.25) is 0 Å². The van der Waals surface area contributed by atoms with Crippen LogP contribution in [0, 0.1) is 0 Å². The molecule has 0 unspecified atom stereocenters. The van der Waals surface area contributed by atoms with E-state index < -0.39 is 0 Å². The molecule has 2 aromatic rings. The van der Waals surface area contributed by atoms with Crippen LogP contribution < -0.4 is 5.73 Å². The van der Waals surface area contributed by atoms with E-state index in [2.05, 4.69) is 56.6 Å². The van der Waals surface area contributed by atoms with Crippen LogP contribution in [0.3, 0.4) is 0 Å². The molecule has 2 N–H and O–H groups in total. The summed E-state index contributed by atoms with van der Waals surface area (Å²) >= 11 is 3.44. The minimum atomic E-state index is -0.132. The fourth-order valence-corrected chi connectivity index (χ4v) is 2.26. The lowest BCUT2D eigenvalue weighted by Gasteiger charge is -2.20. The molecule has 0 radical (unpaired) electrons. The van der Waals surface area contributed by atoms with Crippen molar-refractivity contribution >= 4 is 21.7 Å². The quantitative estimate of drug-likeness (QED) is 0.876. The molecule has 0 aliphatic carbocycles. The van der Waals surface area contributed by atoms with Crippen LogP contribution in [-0.2, 0) is 5.41 Å². The number of nitrogen functional groups attached to an aromatic ring is 1. The van der Waals surface area contributed by atoms with Crippen molar-refractivity contribution in [3.8, 4) is 11.5 Å². The fraction of sp³-hybridized carbons (Fsp3) is 0.333. The molecule has 0 atom stereocenters. The van der Waals surface area contributed by atoms with E-state index in [1.54, 1.807) is 18.6 Å². The number of hydrogen-bond acceptors (Lipinski definition) is 5. The molecule has 6 heteroatoms. The van der Waals surface area contributed by atoms with Crippen molar-refractivity contribution in [2.45, 2.75) is 26.2 Å². The smallest absolute Gasteiger partial charge is 0.182 e. The third-order valence-electron chi connectivity index (χ3n) is 2.38. The van der Waals surface area contributed by atoms with Crippen LogP contribution in [-0.4, -0.2) is 19.9 Å². The number of anilines is 1. The van der Waals surface area contributed by atoms with Gasteiger partial charge in [0.2, 0.25) is 0 Å². The first kappa shape index (κ1) is 12.9. The summed E-state index contributed by atoms with van der Waals surface area (Å²) in [6.45, 7) is 6.21. The van der Waals surface area contributed by atoms with E-state index >= 15 is 0 Å². The lowest BCUT2D eigenvalue weighted by molar-refractivity contribution is 0.564. The summed E-state index contributed by atoms with van der Waals surface area (Å²) in [5, 5.41) is 0. The highest BCUT2D eigenvalue weighted by molar-refractivity contribution is 9.10. The Morgan fingerprint density at radius 1 is 1.17 bits per heavy atom. The van der Waals surface area contributed by atoms with Gasteiger partial charge in [0.05, 0.1) is 16.4 Å². The molecule has 0 spiro atoms. The number of halogens is 1. The summed E-state index contributed by atoms with van der Waals surface area (Å²) in [7, 11) is 0. The van der Waals surface area contributed by atoms with Crippen molar-refractivity contribution < 1.29 is 0 Å². The van der Waals surface area contributed by atoms with E-state index in [0.717, 1.165) is 10.2 Å². The van der Waals surface area contributed by atoms with Crippen molar-refractivity contribution in [2.24, 2.45) is 0 Å². The van der Waals surface area contributed by atoms with E-state index in [9.17, 15) is 0 Å². The Morgan fingerprint density at radius 2 is 1.89 bits per heavy atom. The molecule has 0 aliphatic rings. The average molecular weight is 308 g/mol. The molecule has 0 amide bonds. The molecule has 0 bridgehead atoms. The normalized spacial score (nSPS) is 11.6. The lowest BCUT2D eigenvalue weighted by Crippen LogP contribution is -2.17. The Balaban J connectivity index is 2.62. The third-order valence-corrected chi connectivity index (χ3v) is 3.16. The number of aromatic nitrogens is 4. The predicted octanol–water partition coefficient (Wildman–Crippen LogP) is 2.58. The summed E-state index contributed by atoms with van der Waals surface area (Å²) < 4.78 is 0.739. The van der Waals surface area contributed by atoms with Gasteiger partial charge < -0.3 is 5.73 Å². The van der Waals surface area contributed by atoms with Gasteiger partial charge in [-0.1, -0.05) is 20.8 Å². The average Bonchev–Trinajstić information content (AvgIpc) is 2.32. The minimum Gasteiger partial charge on any atom is -0.383 e. The number of hydrogen-bond donors (Lipinski definition) is 1. The largest absolute Gasteiger partial charge is 0.383 e. The molecule has 94 valence electrons. The second-order valence-corrected chi connectivity index (χ2v) is 5.73. The van der Waals surface area contributed by atoms with Gasteiger partial charge in [0.1, 0.15) is 11.5 Å². The van der Waals surface area contributed by atoms with Crippen LogP contribution >= 0.6 is 15.9 Å². The Kier molecular flexibility index (Phi) is 3.30. The maximum absolute atomic E-state index is 5.91. The van der Waals surface area contributed by atoms with E-state index in [1.165, 1.54) is 0 Å². The molecule has 2 rings (SSSR count). The maximum Gasteiger partial charge on any atom is 0.182 e. The molecule has 0 aromatic carbocycles. The van der Waals surface area contributed by atoms with Crippen LogP contribution in [0.25, 0.3) is 11.5 Å². The number of nitrogens with zero attached hydrogens (tertiary/aromatic N) is 4. The topological polar surface area (TPSA) is 77.6 Å². The Hall–Kier alpha value is -1.56. The van der Waals surface area contributed by atoms with Crippen molar-refractivity contribution in [2.75, 3.05) is 5.73 Å². The highest BCUT2D eigenvalue weighted by Crippen LogP contribution is 2.32. The maximum atomic E-state index is 5.91. The van der Waals surface area contributed by atoms with Crippen molar-refractivity contribution in [1.82, 2.24) is 19.9 Å². The SMILES string of the molecule is CC(C)(C)c1nc(-c2cnccn2)nc(N)c1Br. The van der Waals surface area contributed by atoms with Gasteiger partial charge in [0.25, 0.3) is 0 Å². The first-order valence-electron chi connectivity index (χ1n) is 5.49. The lowest BCUT2D eigenvalue weighted by atomic mass is 9.92. The molecule has 2 aromatic heterocycles. The summed E-state index contributed by atoms with van der Waals surface area (Å²) in [5.74, 6) is 0.907. The standard InChI is InChI=1S/C12H14BrN5/c1-12(2,3)9-8(13)10(14)18-11(17-9)7-6-15-4-5-16-7/h4-6H,1-3H3,(H2,14,17,18). The summed E-state index contributed by atoms with van der Waals surface area (Å²) in [6, 6.07) is 0. The molecule has 0 aliphatic heterocycles. The van der Waals surface area contributed by atoms with Gasteiger partial charge in [-0.3, -0.25) is 4.98 Å². The summed E-state index contributed by atoms with van der Waals surface area (Å²) in [5.41, 5.74) is 7.25. The Bertz CT molecular complexity index is 563. The zero-order chi connectivity index (χ0) is 13.3. The monoisotopic (exact) mass is 307 g/mol. The molecule has 2 heterocycles. The zero-order valence-electron chi connectivity index (χ0n) is 10.5. The predicted molar refractivity (Wildman–Crippen MR) is 73.9 cm³/mol.